The molecule has 1 aliphatic heterocycles. The minimum atomic E-state index is 0.559. The molecule has 4 nitrogen and oxygen atoms in total. The topological polar surface area (TPSA) is 47.1 Å². The number of nitrogens with two attached hydrogens (primary N) is 1. The molecule has 0 radical (unpaired) electrons. The van der Waals surface area contributed by atoms with Crippen LogP contribution in [0.3, 0.4) is 0 Å². The third-order valence-corrected chi connectivity index (χ3v) is 5.00. The molecular formula is C16H28N4. The van der Waals surface area contributed by atoms with Gasteiger partial charge in [0.15, 0.2) is 0 Å². The lowest BCUT2D eigenvalue weighted by molar-refractivity contribution is 0.142. The van der Waals surface area contributed by atoms with Crippen molar-refractivity contribution in [1.29, 1.82) is 0 Å². The van der Waals surface area contributed by atoms with E-state index in [1.165, 1.54) is 63.6 Å². The Labute approximate surface area is 122 Å². The summed E-state index contributed by atoms with van der Waals surface area (Å²) in [7, 11) is 0. The Morgan fingerprint density at radius 3 is 2.70 bits per heavy atom. The smallest absolute Gasteiger partial charge is 0.0765 e. The molecule has 0 bridgehead atoms. The summed E-state index contributed by atoms with van der Waals surface area (Å²) in [5.41, 5.74) is 7.12. The average molecular weight is 276 g/mol. The zero-order valence-electron chi connectivity index (χ0n) is 12.5. The van der Waals surface area contributed by atoms with Gasteiger partial charge in [0.25, 0.3) is 0 Å². The summed E-state index contributed by atoms with van der Waals surface area (Å²) in [6, 6.07) is 3.41. The van der Waals surface area contributed by atoms with Crippen LogP contribution in [0.1, 0.15) is 63.1 Å². The van der Waals surface area contributed by atoms with E-state index < -0.39 is 0 Å². The molecule has 1 atom stereocenters. The average Bonchev–Trinajstić information content (AvgIpc) is 2.97. The van der Waals surface area contributed by atoms with Gasteiger partial charge in [-0.25, -0.2) is 0 Å². The summed E-state index contributed by atoms with van der Waals surface area (Å²) < 4.78 is 2.22. The van der Waals surface area contributed by atoms with Gasteiger partial charge in [0.2, 0.25) is 0 Å². The van der Waals surface area contributed by atoms with Crippen molar-refractivity contribution in [3.05, 3.63) is 18.0 Å². The van der Waals surface area contributed by atoms with Gasteiger partial charge in [-0.2, -0.15) is 5.10 Å². The van der Waals surface area contributed by atoms with Gasteiger partial charge >= 0.3 is 0 Å². The van der Waals surface area contributed by atoms with E-state index in [1.54, 1.807) is 0 Å². The van der Waals surface area contributed by atoms with Crippen molar-refractivity contribution in [2.75, 3.05) is 13.1 Å². The molecule has 0 amide bonds. The molecule has 2 heterocycles. The van der Waals surface area contributed by atoms with Crippen LogP contribution in [-0.4, -0.2) is 33.8 Å². The van der Waals surface area contributed by atoms with E-state index in [4.69, 9.17) is 10.8 Å². The van der Waals surface area contributed by atoms with E-state index in [0.29, 0.717) is 12.1 Å². The fraction of sp³-hybridized carbons (Fsp3) is 0.812. The summed E-state index contributed by atoms with van der Waals surface area (Å²) >= 11 is 0. The molecule has 20 heavy (non-hydrogen) atoms. The van der Waals surface area contributed by atoms with Crippen molar-refractivity contribution in [1.82, 2.24) is 14.7 Å². The van der Waals surface area contributed by atoms with Gasteiger partial charge in [-0.15, -0.1) is 0 Å². The van der Waals surface area contributed by atoms with Gasteiger partial charge in [-0.3, -0.25) is 9.58 Å². The van der Waals surface area contributed by atoms with Crippen LogP contribution in [-0.2, 0) is 6.54 Å². The highest BCUT2D eigenvalue weighted by Gasteiger charge is 2.22. The molecule has 2 aliphatic rings. The van der Waals surface area contributed by atoms with Crippen LogP contribution < -0.4 is 5.73 Å². The first-order valence-electron chi connectivity index (χ1n) is 8.35. The van der Waals surface area contributed by atoms with Crippen LogP contribution in [0.2, 0.25) is 0 Å². The molecule has 0 aromatic carbocycles. The molecule has 2 N–H and O–H groups in total. The lowest BCUT2D eigenvalue weighted by atomic mass is 9.96. The first-order valence-corrected chi connectivity index (χ1v) is 8.35. The predicted molar refractivity (Wildman–Crippen MR) is 81.5 cm³/mol. The molecule has 1 saturated carbocycles. The molecule has 3 rings (SSSR count). The maximum Gasteiger partial charge on any atom is 0.0765 e. The van der Waals surface area contributed by atoms with Gasteiger partial charge in [0, 0.05) is 25.3 Å². The highest BCUT2D eigenvalue weighted by molar-refractivity contribution is 5.01. The van der Waals surface area contributed by atoms with Crippen molar-refractivity contribution in [2.45, 2.75) is 70.0 Å². The Morgan fingerprint density at radius 2 is 1.90 bits per heavy atom. The summed E-state index contributed by atoms with van der Waals surface area (Å²) in [6.45, 7) is 2.93. The van der Waals surface area contributed by atoms with Gasteiger partial charge in [0.05, 0.1) is 11.7 Å². The normalized spacial score (nSPS) is 25.9. The van der Waals surface area contributed by atoms with Crippen molar-refractivity contribution in [3.8, 4) is 0 Å². The number of hydrogen-bond donors (Lipinski definition) is 1. The first-order chi connectivity index (χ1) is 9.86. The standard InChI is InChI=1S/C16H28N4/c17-12-16-8-4-5-10-19(16)13-14-9-11-20(18-14)15-6-2-1-3-7-15/h9,11,15-16H,1-8,10,12-13,17H2. The van der Waals surface area contributed by atoms with Crippen molar-refractivity contribution >= 4 is 0 Å². The quantitative estimate of drug-likeness (QED) is 0.919. The zero-order chi connectivity index (χ0) is 13.8. The minimum Gasteiger partial charge on any atom is -0.329 e. The van der Waals surface area contributed by atoms with E-state index in [-0.39, 0.29) is 0 Å². The van der Waals surface area contributed by atoms with Crippen LogP contribution in [0.4, 0.5) is 0 Å². The number of nitrogens with zero attached hydrogens (tertiary/aromatic N) is 3. The second-order valence-electron chi connectivity index (χ2n) is 6.43. The van der Waals surface area contributed by atoms with E-state index in [0.717, 1.165) is 13.1 Å². The second kappa shape index (κ2) is 6.72. The second-order valence-corrected chi connectivity index (χ2v) is 6.43. The number of aromatic nitrogens is 2. The Hall–Kier alpha value is -0.870. The largest absolute Gasteiger partial charge is 0.329 e. The van der Waals surface area contributed by atoms with E-state index in [2.05, 4.69) is 21.8 Å². The highest BCUT2D eigenvalue weighted by atomic mass is 15.3. The molecular weight excluding hydrogens is 248 g/mol. The van der Waals surface area contributed by atoms with E-state index in [1.807, 2.05) is 0 Å². The number of hydrogen-bond acceptors (Lipinski definition) is 3. The molecule has 0 spiro atoms. The Morgan fingerprint density at radius 1 is 1.10 bits per heavy atom. The molecule has 2 fully saturated rings. The Kier molecular flexibility index (Phi) is 4.73. The SMILES string of the molecule is NCC1CCCCN1Cc1ccn(C2CCCCC2)n1. The molecule has 1 aromatic heterocycles. The number of likely N-dealkylation sites (tertiary alicyclic amines) is 1. The minimum absolute atomic E-state index is 0.559. The van der Waals surface area contributed by atoms with Crippen LogP contribution in [0.15, 0.2) is 12.3 Å². The maximum atomic E-state index is 5.90. The maximum absolute atomic E-state index is 5.90. The summed E-state index contributed by atoms with van der Waals surface area (Å²) in [4.78, 5) is 2.52. The van der Waals surface area contributed by atoms with E-state index >= 15 is 0 Å². The van der Waals surface area contributed by atoms with Gasteiger partial charge in [-0.1, -0.05) is 25.7 Å². The summed E-state index contributed by atoms with van der Waals surface area (Å²) in [6.07, 6.45) is 12.8. The Bertz CT molecular complexity index is 408. The fourth-order valence-electron chi connectivity index (χ4n) is 3.75. The predicted octanol–water partition coefficient (Wildman–Crippen LogP) is 2.70. The van der Waals surface area contributed by atoms with Gasteiger partial charge in [0.1, 0.15) is 0 Å². The molecule has 1 saturated heterocycles. The number of rotatable bonds is 4. The molecule has 112 valence electrons. The van der Waals surface area contributed by atoms with Crippen molar-refractivity contribution in [3.63, 3.8) is 0 Å². The van der Waals surface area contributed by atoms with E-state index in [9.17, 15) is 0 Å². The highest BCUT2D eigenvalue weighted by Crippen LogP contribution is 2.27. The third kappa shape index (κ3) is 3.23. The molecule has 4 heteroatoms. The molecule has 1 aliphatic carbocycles. The van der Waals surface area contributed by atoms with Crippen molar-refractivity contribution < 1.29 is 0 Å². The summed E-state index contributed by atoms with van der Waals surface area (Å²) in [5, 5.41) is 4.83. The Balaban J connectivity index is 1.61. The van der Waals surface area contributed by atoms with Crippen LogP contribution >= 0.6 is 0 Å². The van der Waals surface area contributed by atoms with Crippen LogP contribution in [0, 0.1) is 0 Å². The fourth-order valence-corrected chi connectivity index (χ4v) is 3.75. The van der Waals surface area contributed by atoms with Gasteiger partial charge < -0.3 is 5.73 Å². The summed E-state index contributed by atoms with van der Waals surface area (Å²) in [5.74, 6) is 0. The zero-order valence-corrected chi connectivity index (χ0v) is 12.5. The van der Waals surface area contributed by atoms with Gasteiger partial charge in [-0.05, 0) is 38.3 Å². The monoisotopic (exact) mass is 276 g/mol. The van der Waals surface area contributed by atoms with Crippen molar-refractivity contribution in [2.24, 2.45) is 5.73 Å². The molecule has 1 aromatic rings. The third-order valence-electron chi connectivity index (χ3n) is 5.00. The first kappa shape index (κ1) is 14.1. The van der Waals surface area contributed by atoms with Crippen LogP contribution in [0.25, 0.3) is 0 Å². The lowest BCUT2D eigenvalue weighted by Crippen LogP contribution is -2.43. The molecule has 1 unspecified atom stereocenters. The lowest BCUT2D eigenvalue weighted by Gasteiger charge is -2.34. The number of piperidine rings is 1. The van der Waals surface area contributed by atoms with Crippen LogP contribution in [0.5, 0.6) is 0 Å².